The Morgan fingerprint density at radius 1 is 1.21 bits per heavy atom. The number of thioether (sulfide) groups is 1. The van der Waals surface area contributed by atoms with Gasteiger partial charge < -0.3 is 10.1 Å². The van der Waals surface area contributed by atoms with E-state index < -0.39 is 5.82 Å². The van der Waals surface area contributed by atoms with Crippen LogP contribution in [0.2, 0.25) is 0 Å². The number of rotatable bonds is 4. The fourth-order valence-electron chi connectivity index (χ4n) is 2.11. The SMILES string of the molecule is CCOc1ccc(/C=C2\SC(=Nc3ccccc3F)NC2=O)cc1. The quantitative estimate of drug-likeness (QED) is 0.851. The Bertz CT molecular complexity index is 816. The second-order valence-corrected chi connectivity index (χ2v) is 5.97. The van der Waals surface area contributed by atoms with Crippen molar-refractivity contribution in [3.8, 4) is 5.75 Å². The number of hydrogen-bond acceptors (Lipinski definition) is 4. The number of carbonyl (C=O) groups is 1. The number of ether oxygens (including phenoxy) is 1. The minimum atomic E-state index is -0.427. The van der Waals surface area contributed by atoms with Crippen molar-refractivity contribution in [3.05, 3.63) is 64.8 Å². The van der Waals surface area contributed by atoms with Crippen molar-refractivity contribution >= 4 is 34.6 Å². The number of para-hydroxylation sites is 1. The molecule has 0 bridgehead atoms. The number of hydrogen-bond donors (Lipinski definition) is 1. The van der Waals surface area contributed by atoms with Crippen LogP contribution in [-0.4, -0.2) is 17.7 Å². The van der Waals surface area contributed by atoms with E-state index in [9.17, 15) is 9.18 Å². The molecular weight excluding hydrogens is 327 g/mol. The van der Waals surface area contributed by atoms with Crippen LogP contribution in [0.15, 0.2) is 58.4 Å². The van der Waals surface area contributed by atoms with E-state index in [1.165, 1.54) is 17.8 Å². The zero-order valence-electron chi connectivity index (χ0n) is 13.0. The molecule has 0 saturated carbocycles. The Balaban J connectivity index is 1.78. The maximum absolute atomic E-state index is 13.6. The average Bonchev–Trinajstić information content (AvgIpc) is 2.91. The number of aliphatic imine (C=N–C) groups is 1. The van der Waals surface area contributed by atoms with Crippen LogP contribution in [0.5, 0.6) is 5.75 Å². The lowest BCUT2D eigenvalue weighted by Gasteiger charge is -2.02. The van der Waals surface area contributed by atoms with Gasteiger partial charge in [0.05, 0.1) is 11.5 Å². The second kappa shape index (κ2) is 7.31. The van der Waals surface area contributed by atoms with Gasteiger partial charge >= 0.3 is 0 Å². The predicted octanol–water partition coefficient (Wildman–Crippen LogP) is 4.12. The fraction of sp³-hybridized carbons (Fsp3) is 0.111. The van der Waals surface area contributed by atoms with E-state index in [-0.39, 0.29) is 11.6 Å². The van der Waals surface area contributed by atoms with Crippen LogP contribution in [0.3, 0.4) is 0 Å². The third-order valence-corrected chi connectivity index (χ3v) is 4.12. The molecule has 6 heteroatoms. The first-order chi connectivity index (χ1) is 11.7. The predicted molar refractivity (Wildman–Crippen MR) is 94.8 cm³/mol. The average molecular weight is 342 g/mol. The number of amidine groups is 1. The van der Waals surface area contributed by atoms with Gasteiger partial charge in [-0.05, 0) is 54.6 Å². The summed E-state index contributed by atoms with van der Waals surface area (Å²) in [6, 6.07) is 13.6. The van der Waals surface area contributed by atoms with Crippen LogP contribution in [0.1, 0.15) is 12.5 Å². The summed E-state index contributed by atoms with van der Waals surface area (Å²) < 4.78 is 19.0. The second-order valence-electron chi connectivity index (χ2n) is 4.94. The number of halogens is 1. The molecule has 1 fully saturated rings. The largest absolute Gasteiger partial charge is 0.494 e. The molecule has 1 heterocycles. The number of amides is 1. The zero-order valence-corrected chi connectivity index (χ0v) is 13.8. The molecule has 0 unspecified atom stereocenters. The molecular formula is C18H15FN2O2S. The smallest absolute Gasteiger partial charge is 0.264 e. The van der Waals surface area contributed by atoms with Crippen molar-refractivity contribution in [2.45, 2.75) is 6.92 Å². The molecule has 4 nitrogen and oxygen atoms in total. The molecule has 1 amide bonds. The number of nitrogens with zero attached hydrogens (tertiary/aromatic N) is 1. The third-order valence-electron chi connectivity index (χ3n) is 3.21. The molecule has 3 rings (SSSR count). The maximum atomic E-state index is 13.6. The monoisotopic (exact) mass is 342 g/mol. The highest BCUT2D eigenvalue weighted by molar-refractivity contribution is 8.18. The van der Waals surface area contributed by atoms with Gasteiger partial charge in [-0.25, -0.2) is 9.38 Å². The molecule has 0 atom stereocenters. The van der Waals surface area contributed by atoms with Crippen molar-refractivity contribution in [3.63, 3.8) is 0 Å². The summed E-state index contributed by atoms with van der Waals surface area (Å²) >= 11 is 1.18. The van der Waals surface area contributed by atoms with Crippen LogP contribution in [0.25, 0.3) is 6.08 Å². The first-order valence-corrected chi connectivity index (χ1v) is 8.24. The van der Waals surface area contributed by atoms with Gasteiger partial charge in [0.25, 0.3) is 5.91 Å². The molecule has 122 valence electrons. The van der Waals surface area contributed by atoms with Crippen molar-refractivity contribution in [2.24, 2.45) is 4.99 Å². The lowest BCUT2D eigenvalue weighted by Crippen LogP contribution is -2.19. The summed E-state index contributed by atoms with van der Waals surface area (Å²) in [5.41, 5.74) is 1.07. The van der Waals surface area contributed by atoms with Crippen molar-refractivity contribution in [1.82, 2.24) is 5.32 Å². The molecule has 0 spiro atoms. The van der Waals surface area contributed by atoms with Crippen LogP contribution in [-0.2, 0) is 4.79 Å². The summed E-state index contributed by atoms with van der Waals surface area (Å²) in [6.07, 6.45) is 1.76. The molecule has 1 N–H and O–H groups in total. The Morgan fingerprint density at radius 3 is 2.67 bits per heavy atom. The first-order valence-electron chi connectivity index (χ1n) is 7.42. The molecule has 2 aromatic carbocycles. The van der Waals surface area contributed by atoms with Gasteiger partial charge in [-0.3, -0.25) is 4.79 Å². The van der Waals surface area contributed by atoms with Gasteiger partial charge in [-0.2, -0.15) is 0 Å². The lowest BCUT2D eigenvalue weighted by molar-refractivity contribution is -0.115. The third kappa shape index (κ3) is 3.83. The van der Waals surface area contributed by atoms with Gasteiger partial charge in [0.1, 0.15) is 17.3 Å². The van der Waals surface area contributed by atoms with Crippen LogP contribution >= 0.6 is 11.8 Å². The minimum Gasteiger partial charge on any atom is -0.494 e. The van der Waals surface area contributed by atoms with E-state index in [4.69, 9.17) is 4.74 Å². The normalized spacial score (nSPS) is 17.3. The van der Waals surface area contributed by atoms with Crippen LogP contribution in [0, 0.1) is 5.82 Å². The summed E-state index contributed by atoms with van der Waals surface area (Å²) in [5.74, 6) is 0.109. The minimum absolute atomic E-state index is 0.197. The van der Waals surface area contributed by atoms with E-state index in [1.807, 2.05) is 31.2 Å². The Hall–Kier alpha value is -2.60. The highest BCUT2D eigenvalue weighted by Crippen LogP contribution is 2.29. The molecule has 1 saturated heterocycles. The number of nitrogens with one attached hydrogen (secondary N) is 1. The molecule has 0 radical (unpaired) electrons. The van der Waals surface area contributed by atoms with E-state index in [2.05, 4.69) is 10.3 Å². The molecule has 24 heavy (non-hydrogen) atoms. The molecule has 1 aliphatic rings. The van der Waals surface area contributed by atoms with Crippen molar-refractivity contribution < 1.29 is 13.9 Å². The standard InChI is InChI=1S/C18H15FN2O2S/c1-2-23-13-9-7-12(8-10-13)11-16-17(22)21-18(24-16)20-15-6-4-3-5-14(15)19/h3-11H,2H2,1H3,(H,20,21,22)/b16-11-. The van der Waals surface area contributed by atoms with Gasteiger partial charge in [0.2, 0.25) is 0 Å². The van der Waals surface area contributed by atoms with Gasteiger partial charge in [-0.15, -0.1) is 0 Å². The van der Waals surface area contributed by atoms with Crippen LogP contribution in [0.4, 0.5) is 10.1 Å². The zero-order chi connectivity index (χ0) is 16.9. The van der Waals surface area contributed by atoms with Crippen LogP contribution < -0.4 is 10.1 Å². The van der Waals surface area contributed by atoms with Gasteiger partial charge in [-0.1, -0.05) is 24.3 Å². The summed E-state index contributed by atoms with van der Waals surface area (Å²) in [7, 11) is 0. The van der Waals surface area contributed by atoms with Gasteiger partial charge in [0, 0.05) is 0 Å². The summed E-state index contributed by atoms with van der Waals surface area (Å²) in [5, 5.41) is 3.01. The topological polar surface area (TPSA) is 50.7 Å². The summed E-state index contributed by atoms with van der Waals surface area (Å²) in [4.78, 5) is 16.7. The van der Waals surface area contributed by atoms with E-state index in [1.54, 1.807) is 24.3 Å². The number of carbonyl (C=O) groups excluding carboxylic acids is 1. The van der Waals surface area contributed by atoms with Crippen molar-refractivity contribution in [2.75, 3.05) is 6.61 Å². The van der Waals surface area contributed by atoms with E-state index in [0.29, 0.717) is 16.7 Å². The molecule has 0 aliphatic carbocycles. The van der Waals surface area contributed by atoms with E-state index in [0.717, 1.165) is 11.3 Å². The Morgan fingerprint density at radius 2 is 1.96 bits per heavy atom. The molecule has 2 aromatic rings. The highest BCUT2D eigenvalue weighted by Gasteiger charge is 2.24. The molecule has 1 aliphatic heterocycles. The maximum Gasteiger partial charge on any atom is 0.264 e. The summed E-state index contributed by atoms with van der Waals surface area (Å²) in [6.45, 7) is 2.53. The first kappa shape index (κ1) is 16.3. The van der Waals surface area contributed by atoms with Gasteiger partial charge in [0.15, 0.2) is 5.17 Å². The Labute approximate surface area is 143 Å². The molecule has 0 aromatic heterocycles. The van der Waals surface area contributed by atoms with Crippen molar-refractivity contribution in [1.29, 1.82) is 0 Å². The van der Waals surface area contributed by atoms with E-state index >= 15 is 0 Å². The Kier molecular flexibility index (Phi) is 4.96. The lowest BCUT2D eigenvalue weighted by atomic mass is 10.2. The number of benzene rings is 2. The fourth-order valence-corrected chi connectivity index (χ4v) is 2.95. The highest BCUT2D eigenvalue weighted by atomic mass is 32.2.